The maximum absolute atomic E-state index is 14.0. The van der Waals surface area contributed by atoms with E-state index in [4.69, 9.17) is 1.37 Å². The molecule has 1 nitrogen and oxygen atoms in total. The summed E-state index contributed by atoms with van der Waals surface area (Å²) in [6.07, 6.45) is -3.80. The van der Waals surface area contributed by atoms with E-state index in [0.29, 0.717) is 27.5 Å². The van der Waals surface area contributed by atoms with Gasteiger partial charge < -0.3 is 0 Å². The molecule has 0 amide bonds. The van der Waals surface area contributed by atoms with Crippen molar-refractivity contribution in [2.75, 3.05) is 0 Å². The largest absolute Gasteiger partial charge is 0.418 e. The van der Waals surface area contributed by atoms with Crippen LogP contribution in [-0.4, -0.2) is 4.98 Å². The first-order valence-electron chi connectivity index (χ1n) is 10.8. The summed E-state index contributed by atoms with van der Waals surface area (Å²) in [5, 5.41) is 1.24. The van der Waals surface area contributed by atoms with Gasteiger partial charge in [-0.05, 0) is 63.4 Å². The quantitative estimate of drug-likeness (QED) is 0.245. The molecular weight excluding hydrogens is 445 g/mol. The Labute approximate surface area is 193 Å². The minimum Gasteiger partial charge on any atom is -0.256 e. The predicted molar refractivity (Wildman–Crippen MR) is 123 cm³/mol. The number of hydrogen-bond acceptors (Lipinski definition) is 1. The second kappa shape index (κ2) is 8.37. The molecule has 168 valence electrons. The monoisotopic (exact) mass is 462 g/mol. The van der Waals surface area contributed by atoms with E-state index in [1.807, 2.05) is 0 Å². The van der Waals surface area contributed by atoms with Gasteiger partial charge in [-0.25, -0.2) is 8.78 Å². The zero-order chi connectivity index (χ0) is 24.7. The van der Waals surface area contributed by atoms with E-state index < -0.39 is 23.4 Å². The van der Waals surface area contributed by atoms with Crippen molar-refractivity contribution in [3.63, 3.8) is 0 Å². The van der Waals surface area contributed by atoms with E-state index in [9.17, 15) is 22.0 Å². The minimum atomic E-state index is -4.60. The van der Waals surface area contributed by atoms with Gasteiger partial charge in [0.15, 0.2) is 0 Å². The lowest BCUT2D eigenvalue weighted by Crippen LogP contribution is -2.08. The van der Waals surface area contributed by atoms with Gasteiger partial charge in [-0.1, -0.05) is 54.6 Å². The molecule has 0 aliphatic rings. The van der Waals surface area contributed by atoms with Crippen LogP contribution in [-0.2, 0) is 6.18 Å². The van der Waals surface area contributed by atoms with Gasteiger partial charge in [0.25, 0.3) is 0 Å². The molecule has 0 fully saturated rings. The van der Waals surface area contributed by atoms with E-state index in [-0.39, 0.29) is 22.9 Å². The smallest absolute Gasteiger partial charge is 0.256 e. The van der Waals surface area contributed by atoms with Crippen molar-refractivity contribution in [1.82, 2.24) is 4.98 Å². The summed E-state index contributed by atoms with van der Waals surface area (Å²) < 4.78 is 77.3. The van der Waals surface area contributed by atoms with Crippen LogP contribution in [0.3, 0.4) is 0 Å². The van der Waals surface area contributed by atoms with Gasteiger partial charge in [0.05, 0.1) is 12.6 Å². The molecule has 1 heterocycles. The number of fused-ring (bicyclic) bond motifs is 1. The Kier molecular flexibility index (Phi) is 5.06. The van der Waals surface area contributed by atoms with Crippen molar-refractivity contribution in [3.05, 3.63) is 114 Å². The van der Waals surface area contributed by atoms with E-state index in [1.165, 1.54) is 18.2 Å². The zero-order valence-corrected chi connectivity index (χ0v) is 17.5. The molecule has 0 N–H and O–H groups in total. The molecule has 0 bridgehead atoms. The van der Waals surface area contributed by atoms with Crippen LogP contribution in [0.5, 0.6) is 0 Å². The second-order valence-electron chi connectivity index (χ2n) is 7.81. The molecule has 0 saturated heterocycles. The molecular formula is C28H16F5N. The molecule has 0 aliphatic carbocycles. The lowest BCUT2D eigenvalue weighted by atomic mass is 9.93. The number of alkyl halides is 3. The molecule has 4 aromatic carbocycles. The average Bonchev–Trinajstić information content (AvgIpc) is 2.82. The van der Waals surface area contributed by atoms with Gasteiger partial charge in [-0.2, -0.15) is 13.2 Å². The van der Waals surface area contributed by atoms with Crippen molar-refractivity contribution >= 4 is 10.8 Å². The van der Waals surface area contributed by atoms with Gasteiger partial charge in [0, 0.05) is 17.8 Å². The molecule has 0 aliphatic heterocycles. The van der Waals surface area contributed by atoms with Gasteiger partial charge in [0.1, 0.15) is 11.6 Å². The lowest BCUT2D eigenvalue weighted by Gasteiger charge is -2.15. The third-order valence-electron chi connectivity index (χ3n) is 5.56. The first-order valence-corrected chi connectivity index (χ1v) is 10.3. The van der Waals surface area contributed by atoms with Crippen molar-refractivity contribution < 1.29 is 23.3 Å². The van der Waals surface area contributed by atoms with Crippen molar-refractivity contribution in [3.8, 4) is 33.5 Å². The fraction of sp³-hybridized carbons (Fsp3) is 0.0357. The molecule has 0 saturated carbocycles. The van der Waals surface area contributed by atoms with Crippen LogP contribution in [0.15, 0.2) is 97.2 Å². The summed E-state index contributed by atoms with van der Waals surface area (Å²) >= 11 is 0. The van der Waals surface area contributed by atoms with Crippen molar-refractivity contribution in [2.45, 2.75) is 6.18 Å². The first kappa shape index (κ1) is 20.5. The standard InChI is InChI=1S/C28H16F5N/c29-21-11-19(12-22(30)14-21)24-13-20(10-18-8-4-5-9-23(18)24)27-15-25(17-6-2-1-3-7-17)26(16-34-27)28(31,32)33/h1-16H/i5D. The molecule has 34 heavy (non-hydrogen) atoms. The molecule has 6 heteroatoms. The summed E-state index contributed by atoms with van der Waals surface area (Å²) in [6, 6.07) is 21.1. The maximum atomic E-state index is 14.0. The highest BCUT2D eigenvalue weighted by atomic mass is 19.4. The van der Waals surface area contributed by atoms with Crippen LogP contribution in [0, 0.1) is 11.6 Å². The number of benzene rings is 4. The van der Waals surface area contributed by atoms with Gasteiger partial charge >= 0.3 is 6.18 Å². The summed E-state index contributed by atoms with van der Waals surface area (Å²) in [6.45, 7) is 0. The predicted octanol–water partition coefficient (Wildman–Crippen LogP) is 8.53. The van der Waals surface area contributed by atoms with Crippen molar-refractivity contribution in [2.24, 2.45) is 0 Å². The summed E-state index contributed by atoms with van der Waals surface area (Å²) in [4.78, 5) is 4.09. The molecule has 0 radical (unpaired) electrons. The normalized spacial score (nSPS) is 12.1. The van der Waals surface area contributed by atoms with Crippen LogP contribution in [0.4, 0.5) is 22.0 Å². The van der Waals surface area contributed by atoms with Gasteiger partial charge in [-0.15, -0.1) is 0 Å². The highest BCUT2D eigenvalue weighted by molar-refractivity contribution is 6.00. The van der Waals surface area contributed by atoms with E-state index in [0.717, 1.165) is 12.3 Å². The number of rotatable bonds is 3. The zero-order valence-electron chi connectivity index (χ0n) is 18.5. The van der Waals surface area contributed by atoms with Gasteiger partial charge in [0.2, 0.25) is 0 Å². The highest BCUT2D eigenvalue weighted by Crippen LogP contribution is 2.40. The Morgan fingerprint density at radius 3 is 2.12 bits per heavy atom. The number of aromatic nitrogens is 1. The molecule has 0 atom stereocenters. The first-order chi connectivity index (χ1) is 16.7. The SMILES string of the molecule is [2H]c1ccc2cc(-c3cc(-c4ccccc4)c(C(F)(F)F)cn3)cc(-c3cc(F)cc(F)c3)c2c1. The molecule has 0 spiro atoms. The van der Waals surface area contributed by atoms with Gasteiger partial charge in [-0.3, -0.25) is 4.98 Å². The lowest BCUT2D eigenvalue weighted by molar-refractivity contribution is -0.137. The molecule has 5 aromatic rings. The Hall–Kier alpha value is -4.06. The molecule has 5 rings (SSSR count). The van der Waals surface area contributed by atoms with Crippen molar-refractivity contribution in [1.29, 1.82) is 0 Å². The summed E-state index contributed by atoms with van der Waals surface area (Å²) in [7, 11) is 0. The van der Waals surface area contributed by atoms with E-state index >= 15 is 0 Å². The Balaban J connectivity index is 1.77. The van der Waals surface area contributed by atoms with Crippen LogP contribution >= 0.6 is 0 Å². The Morgan fingerprint density at radius 2 is 1.41 bits per heavy atom. The second-order valence-corrected chi connectivity index (χ2v) is 7.81. The molecule has 0 unspecified atom stereocenters. The number of halogens is 5. The average molecular weight is 462 g/mol. The highest BCUT2D eigenvalue weighted by Gasteiger charge is 2.34. The summed E-state index contributed by atoms with van der Waals surface area (Å²) in [5.74, 6) is -1.53. The minimum absolute atomic E-state index is 0.0250. The van der Waals surface area contributed by atoms with Crippen LogP contribution in [0.2, 0.25) is 0 Å². The Morgan fingerprint density at radius 1 is 0.676 bits per heavy atom. The molecule has 1 aromatic heterocycles. The third kappa shape index (κ3) is 4.15. The van der Waals surface area contributed by atoms with Crippen LogP contribution in [0.25, 0.3) is 44.3 Å². The third-order valence-corrected chi connectivity index (χ3v) is 5.56. The number of pyridine rings is 1. The topological polar surface area (TPSA) is 12.9 Å². The number of nitrogens with zero attached hydrogens (tertiary/aromatic N) is 1. The Bertz CT molecular complexity index is 1540. The van der Waals surface area contributed by atoms with E-state index in [1.54, 1.807) is 60.7 Å². The summed E-state index contributed by atoms with van der Waals surface area (Å²) in [5.41, 5.74) is 0.925. The fourth-order valence-electron chi connectivity index (χ4n) is 4.04. The van der Waals surface area contributed by atoms with E-state index in [2.05, 4.69) is 4.98 Å². The maximum Gasteiger partial charge on any atom is 0.418 e. The number of hydrogen-bond donors (Lipinski definition) is 0. The fourth-order valence-corrected chi connectivity index (χ4v) is 4.04. The van der Waals surface area contributed by atoms with Crippen LogP contribution < -0.4 is 0 Å². The van der Waals surface area contributed by atoms with Crippen LogP contribution in [0.1, 0.15) is 6.93 Å².